The highest BCUT2D eigenvalue weighted by atomic mass is 16.5. The maximum Gasteiger partial charge on any atom is 0.204 e. The molecule has 0 N–H and O–H groups in total. The number of carbonyl (C=O) groups is 2. The quantitative estimate of drug-likeness (QED) is 0.745. The highest BCUT2D eigenvalue weighted by molar-refractivity contribution is 5.98. The van der Waals surface area contributed by atoms with Crippen LogP contribution in [0.5, 0.6) is 0 Å². The molecular weight excluding hydrogens is 228 g/mol. The molecule has 0 bridgehead atoms. The van der Waals surface area contributed by atoms with E-state index < -0.39 is 0 Å². The normalized spacial score (nSPS) is 18.3. The molecule has 0 fully saturated rings. The molecular formula is C15H14O3. The van der Waals surface area contributed by atoms with Gasteiger partial charge in [0.2, 0.25) is 5.78 Å². The van der Waals surface area contributed by atoms with Gasteiger partial charge in [-0.15, -0.1) is 0 Å². The monoisotopic (exact) mass is 242 g/mol. The number of aldehydes is 1. The van der Waals surface area contributed by atoms with E-state index in [0.29, 0.717) is 12.4 Å². The molecule has 0 radical (unpaired) electrons. The molecule has 0 amide bonds. The first-order valence-electron chi connectivity index (χ1n) is 5.84. The third-order valence-electron chi connectivity index (χ3n) is 2.76. The molecule has 3 nitrogen and oxygen atoms in total. The van der Waals surface area contributed by atoms with Crippen molar-refractivity contribution in [2.45, 2.75) is 13.0 Å². The molecule has 1 aromatic carbocycles. The van der Waals surface area contributed by atoms with Crippen molar-refractivity contribution in [2.24, 2.45) is 5.92 Å². The minimum atomic E-state index is -0.377. The molecule has 92 valence electrons. The van der Waals surface area contributed by atoms with E-state index in [1.165, 1.54) is 0 Å². The van der Waals surface area contributed by atoms with Crippen molar-refractivity contribution < 1.29 is 14.3 Å². The number of rotatable bonds is 5. The SMILES string of the molecule is O=CC[C@H]1C=CC=C(OCc2ccccc2)C1=O. The van der Waals surface area contributed by atoms with Gasteiger partial charge < -0.3 is 9.53 Å². The molecule has 1 aliphatic carbocycles. The smallest absolute Gasteiger partial charge is 0.204 e. The van der Waals surface area contributed by atoms with Gasteiger partial charge in [-0.25, -0.2) is 0 Å². The summed E-state index contributed by atoms with van der Waals surface area (Å²) in [6.45, 7) is 0.361. The van der Waals surface area contributed by atoms with Crippen LogP contribution in [0.1, 0.15) is 12.0 Å². The van der Waals surface area contributed by atoms with Gasteiger partial charge in [0.1, 0.15) is 12.9 Å². The standard InChI is InChI=1S/C15H14O3/c16-10-9-13-7-4-8-14(15(13)17)18-11-12-5-2-1-3-6-12/h1-8,10,13H,9,11H2/t13-/m1/s1. The Labute approximate surface area is 106 Å². The van der Waals surface area contributed by atoms with Crippen LogP contribution in [-0.4, -0.2) is 12.1 Å². The van der Waals surface area contributed by atoms with Crippen molar-refractivity contribution in [3.8, 4) is 0 Å². The summed E-state index contributed by atoms with van der Waals surface area (Å²) in [5.74, 6) is -0.174. The van der Waals surface area contributed by atoms with Gasteiger partial charge in [0.15, 0.2) is 5.76 Å². The van der Waals surface area contributed by atoms with Gasteiger partial charge in [0, 0.05) is 6.42 Å². The van der Waals surface area contributed by atoms with Gasteiger partial charge in [-0.05, 0) is 11.6 Å². The Balaban J connectivity index is 1.97. The summed E-state index contributed by atoms with van der Waals surface area (Å²) in [6, 6.07) is 9.65. The Morgan fingerprint density at radius 1 is 1.22 bits per heavy atom. The Bertz CT molecular complexity index is 486. The summed E-state index contributed by atoms with van der Waals surface area (Å²) in [5, 5.41) is 0. The number of carbonyl (C=O) groups excluding carboxylic acids is 2. The number of Topliss-reactive ketones (excluding diaryl/α,β-unsaturated/α-hetero) is 1. The highest BCUT2D eigenvalue weighted by Crippen LogP contribution is 2.19. The summed E-state index contributed by atoms with van der Waals surface area (Å²) < 4.78 is 5.50. The molecule has 0 aliphatic heterocycles. The van der Waals surface area contributed by atoms with Gasteiger partial charge in [-0.3, -0.25) is 4.79 Å². The fraction of sp³-hybridized carbons (Fsp3) is 0.200. The van der Waals surface area contributed by atoms with E-state index in [0.717, 1.165) is 11.8 Å². The lowest BCUT2D eigenvalue weighted by Gasteiger charge is -2.16. The summed E-state index contributed by atoms with van der Waals surface area (Å²) in [7, 11) is 0. The van der Waals surface area contributed by atoms with Crippen LogP contribution in [0.4, 0.5) is 0 Å². The van der Waals surface area contributed by atoms with E-state index in [9.17, 15) is 9.59 Å². The van der Waals surface area contributed by atoms with E-state index in [4.69, 9.17) is 4.74 Å². The van der Waals surface area contributed by atoms with Gasteiger partial charge in [-0.1, -0.05) is 42.5 Å². The lowest BCUT2D eigenvalue weighted by atomic mass is 9.95. The Morgan fingerprint density at radius 3 is 2.72 bits per heavy atom. The van der Waals surface area contributed by atoms with E-state index in [2.05, 4.69) is 0 Å². The van der Waals surface area contributed by atoms with Gasteiger partial charge in [-0.2, -0.15) is 0 Å². The molecule has 1 aromatic rings. The van der Waals surface area contributed by atoms with Gasteiger partial charge >= 0.3 is 0 Å². The van der Waals surface area contributed by atoms with Crippen molar-refractivity contribution >= 4 is 12.1 Å². The number of benzene rings is 1. The molecule has 0 aromatic heterocycles. The van der Waals surface area contributed by atoms with E-state index in [1.807, 2.05) is 30.3 Å². The maximum absolute atomic E-state index is 11.9. The lowest BCUT2D eigenvalue weighted by molar-refractivity contribution is -0.123. The molecule has 3 heteroatoms. The van der Waals surface area contributed by atoms with Crippen LogP contribution in [0.3, 0.4) is 0 Å². The zero-order valence-electron chi connectivity index (χ0n) is 9.91. The van der Waals surface area contributed by atoms with Crippen LogP contribution < -0.4 is 0 Å². The van der Waals surface area contributed by atoms with Crippen molar-refractivity contribution in [3.63, 3.8) is 0 Å². The summed E-state index contributed by atoms with van der Waals surface area (Å²) in [6.07, 6.45) is 6.10. The van der Waals surface area contributed by atoms with Crippen LogP contribution in [-0.2, 0) is 20.9 Å². The highest BCUT2D eigenvalue weighted by Gasteiger charge is 2.22. The number of hydrogen-bond donors (Lipinski definition) is 0. The van der Waals surface area contributed by atoms with Crippen molar-refractivity contribution in [3.05, 3.63) is 59.9 Å². The first kappa shape index (κ1) is 12.3. The van der Waals surface area contributed by atoms with Crippen molar-refractivity contribution in [1.82, 2.24) is 0 Å². The maximum atomic E-state index is 11.9. The van der Waals surface area contributed by atoms with Crippen LogP contribution in [0.15, 0.2) is 54.3 Å². The first-order chi connectivity index (χ1) is 8.81. The number of ether oxygens (including phenoxy) is 1. The van der Waals surface area contributed by atoms with Crippen LogP contribution >= 0.6 is 0 Å². The number of hydrogen-bond acceptors (Lipinski definition) is 3. The fourth-order valence-corrected chi connectivity index (χ4v) is 1.77. The Hall–Kier alpha value is -2.16. The van der Waals surface area contributed by atoms with Crippen molar-refractivity contribution in [1.29, 1.82) is 0 Å². The first-order valence-corrected chi connectivity index (χ1v) is 5.84. The topological polar surface area (TPSA) is 43.4 Å². The second-order valence-electron chi connectivity index (χ2n) is 4.06. The second kappa shape index (κ2) is 5.96. The Kier molecular flexibility index (Phi) is 4.07. The van der Waals surface area contributed by atoms with E-state index in [-0.39, 0.29) is 18.1 Å². The molecule has 0 heterocycles. The molecule has 0 saturated heterocycles. The van der Waals surface area contributed by atoms with Crippen molar-refractivity contribution in [2.75, 3.05) is 0 Å². The third kappa shape index (κ3) is 2.94. The molecule has 0 saturated carbocycles. The van der Waals surface area contributed by atoms with Gasteiger partial charge in [0.05, 0.1) is 5.92 Å². The second-order valence-corrected chi connectivity index (χ2v) is 4.06. The molecule has 1 aliphatic rings. The van der Waals surface area contributed by atoms with Crippen LogP contribution in [0, 0.1) is 5.92 Å². The van der Waals surface area contributed by atoms with E-state index >= 15 is 0 Å². The lowest BCUT2D eigenvalue weighted by Crippen LogP contribution is -2.19. The number of ketones is 1. The van der Waals surface area contributed by atoms with Crippen LogP contribution in [0.2, 0.25) is 0 Å². The summed E-state index contributed by atoms with van der Waals surface area (Å²) in [4.78, 5) is 22.4. The molecule has 1 atom stereocenters. The minimum absolute atomic E-state index is 0.125. The van der Waals surface area contributed by atoms with E-state index in [1.54, 1.807) is 18.2 Å². The number of allylic oxidation sites excluding steroid dienone is 4. The molecule has 2 rings (SSSR count). The predicted octanol–water partition coefficient (Wildman–Crippen LogP) is 2.43. The van der Waals surface area contributed by atoms with Crippen LogP contribution in [0.25, 0.3) is 0 Å². The Morgan fingerprint density at radius 2 is 2.00 bits per heavy atom. The van der Waals surface area contributed by atoms with Gasteiger partial charge in [0.25, 0.3) is 0 Å². The third-order valence-corrected chi connectivity index (χ3v) is 2.76. The largest absolute Gasteiger partial charge is 0.485 e. The minimum Gasteiger partial charge on any atom is -0.485 e. The predicted molar refractivity (Wildman–Crippen MR) is 67.6 cm³/mol. The average Bonchev–Trinajstić information content (AvgIpc) is 2.41. The fourth-order valence-electron chi connectivity index (χ4n) is 1.77. The zero-order chi connectivity index (χ0) is 12.8. The molecule has 0 unspecified atom stereocenters. The summed E-state index contributed by atoms with van der Waals surface area (Å²) in [5.41, 5.74) is 1.01. The average molecular weight is 242 g/mol. The molecule has 0 spiro atoms. The molecule has 18 heavy (non-hydrogen) atoms. The zero-order valence-corrected chi connectivity index (χ0v) is 9.91. The summed E-state index contributed by atoms with van der Waals surface area (Å²) >= 11 is 0.